The minimum absolute atomic E-state index is 0.100. The van der Waals surface area contributed by atoms with E-state index in [-0.39, 0.29) is 31.1 Å². The quantitative estimate of drug-likeness (QED) is 0.0262. The fourth-order valence-electron chi connectivity index (χ4n) is 7.18. The van der Waals surface area contributed by atoms with E-state index in [1.165, 1.54) is 51.4 Å². The molecule has 0 saturated heterocycles. The first-order valence-electron chi connectivity index (χ1n) is 27.4. The summed E-state index contributed by atoms with van der Waals surface area (Å²) in [7, 11) is 0. The van der Waals surface area contributed by atoms with Gasteiger partial charge in [0, 0.05) is 19.3 Å². The van der Waals surface area contributed by atoms with Crippen LogP contribution >= 0.6 is 0 Å². The predicted octanol–water partition coefficient (Wildman–Crippen LogP) is 18.3. The van der Waals surface area contributed by atoms with Crippen LogP contribution in [0.15, 0.2) is 109 Å². The smallest absolute Gasteiger partial charge is 0.306 e. The number of rotatable bonds is 48. The SMILES string of the molecule is CC/C=C\C/C=C\C/C=C\C/C=C\CCCCCCC(=O)OC[C@H](COC(=O)CCCCCCC/C=C\C/C=C\C/C=C\CC)OC(=O)CCCCCCCCC/C=C\C/C=C\CCCCC. The minimum Gasteiger partial charge on any atom is -0.462 e. The number of ether oxygens (including phenoxy) is 3. The summed E-state index contributed by atoms with van der Waals surface area (Å²) in [5.74, 6) is -0.949. The van der Waals surface area contributed by atoms with Crippen LogP contribution in [0.25, 0.3) is 0 Å². The molecule has 0 unspecified atom stereocenters. The Bertz CT molecular complexity index is 1390. The highest BCUT2D eigenvalue weighted by Crippen LogP contribution is 2.14. The lowest BCUT2D eigenvalue weighted by Gasteiger charge is -2.18. The Morgan fingerprint density at radius 3 is 0.910 bits per heavy atom. The van der Waals surface area contributed by atoms with E-state index in [2.05, 4.69) is 130 Å². The van der Waals surface area contributed by atoms with Gasteiger partial charge in [-0.2, -0.15) is 0 Å². The lowest BCUT2D eigenvalue weighted by atomic mass is 10.1. The molecule has 0 saturated carbocycles. The molecule has 0 bridgehead atoms. The summed E-state index contributed by atoms with van der Waals surface area (Å²) in [5.41, 5.74) is 0. The van der Waals surface area contributed by atoms with E-state index >= 15 is 0 Å². The predicted molar refractivity (Wildman–Crippen MR) is 288 cm³/mol. The van der Waals surface area contributed by atoms with Crippen molar-refractivity contribution in [3.05, 3.63) is 109 Å². The van der Waals surface area contributed by atoms with Crippen molar-refractivity contribution in [1.82, 2.24) is 0 Å². The molecule has 67 heavy (non-hydrogen) atoms. The van der Waals surface area contributed by atoms with Gasteiger partial charge in [-0.25, -0.2) is 0 Å². The Hall–Kier alpha value is -3.93. The van der Waals surface area contributed by atoms with E-state index in [1.807, 2.05) is 0 Å². The largest absolute Gasteiger partial charge is 0.462 e. The Kier molecular flexibility index (Phi) is 51.5. The van der Waals surface area contributed by atoms with Crippen molar-refractivity contribution < 1.29 is 28.6 Å². The van der Waals surface area contributed by atoms with Gasteiger partial charge in [0.25, 0.3) is 0 Å². The summed E-state index contributed by atoms with van der Waals surface area (Å²) in [6.45, 7) is 6.34. The minimum atomic E-state index is -0.802. The van der Waals surface area contributed by atoms with Gasteiger partial charge in [0.2, 0.25) is 0 Å². The molecule has 0 radical (unpaired) electrons. The molecule has 380 valence electrons. The third-order valence-electron chi connectivity index (χ3n) is 11.2. The molecule has 0 heterocycles. The van der Waals surface area contributed by atoms with Gasteiger partial charge in [-0.15, -0.1) is 0 Å². The molecule has 0 aliphatic rings. The van der Waals surface area contributed by atoms with E-state index in [0.717, 1.165) is 148 Å². The van der Waals surface area contributed by atoms with Gasteiger partial charge in [-0.05, 0) is 122 Å². The number of unbranched alkanes of at least 4 members (excludes halogenated alkanes) is 19. The van der Waals surface area contributed by atoms with Crippen molar-refractivity contribution in [2.75, 3.05) is 13.2 Å². The fourth-order valence-corrected chi connectivity index (χ4v) is 7.18. The number of carbonyl (C=O) groups excluding carboxylic acids is 3. The molecule has 0 amide bonds. The van der Waals surface area contributed by atoms with Crippen molar-refractivity contribution in [3.8, 4) is 0 Å². The Labute approximate surface area is 412 Å². The zero-order valence-corrected chi connectivity index (χ0v) is 43.4. The first-order chi connectivity index (χ1) is 33.0. The first kappa shape index (κ1) is 63.1. The van der Waals surface area contributed by atoms with Crippen LogP contribution in [0.2, 0.25) is 0 Å². The maximum atomic E-state index is 12.8. The van der Waals surface area contributed by atoms with E-state index in [4.69, 9.17) is 14.2 Å². The zero-order chi connectivity index (χ0) is 48.6. The molecular formula is C61H100O6. The van der Waals surface area contributed by atoms with Crippen LogP contribution in [-0.2, 0) is 28.6 Å². The number of esters is 3. The summed E-state index contributed by atoms with van der Waals surface area (Å²) in [5, 5.41) is 0. The summed E-state index contributed by atoms with van der Waals surface area (Å²) >= 11 is 0. The second-order valence-electron chi connectivity index (χ2n) is 17.7. The molecule has 6 nitrogen and oxygen atoms in total. The fraction of sp³-hybridized carbons (Fsp3) is 0.656. The topological polar surface area (TPSA) is 78.9 Å². The van der Waals surface area contributed by atoms with Crippen molar-refractivity contribution in [3.63, 3.8) is 0 Å². The standard InChI is InChI=1S/C61H100O6/c1-4-7-10-13-16-19-22-25-28-30-33-36-39-42-45-48-51-54-60(63)66-57-58(56-65-59(62)53-50-47-44-41-38-35-32-27-24-21-18-15-12-9-6-3)67-61(64)55-52-49-46-43-40-37-34-31-29-26-23-20-17-14-11-8-5-2/h7,9-10,12,16-21,25-29,32-33,36,58H,4-6,8,11,13-15,22-24,30-31,34-35,37-57H2,1-3H3/b10-7-,12-9-,19-16-,20-17-,21-18-,28-25-,29-26-,32-27-,36-33-/t58-/m0/s1. The third kappa shape index (κ3) is 52.9. The molecule has 0 aromatic heterocycles. The van der Waals surface area contributed by atoms with Gasteiger partial charge in [0.05, 0.1) is 0 Å². The number of carbonyl (C=O) groups is 3. The monoisotopic (exact) mass is 929 g/mol. The molecule has 0 aromatic carbocycles. The Morgan fingerprint density at radius 2 is 0.582 bits per heavy atom. The van der Waals surface area contributed by atoms with Crippen LogP contribution in [0.1, 0.15) is 239 Å². The van der Waals surface area contributed by atoms with E-state index in [9.17, 15) is 14.4 Å². The van der Waals surface area contributed by atoms with Gasteiger partial charge in [0.1, 0.15) is 13.2 Å². The van der Waals surface area contributed by atoms with Crippen LogP contribution in [0, 0.1) is 0 Å². The highest BCUT2D eigenvalue weighted by atomic mass is 16.6. The van der Waals surface area contributed by atoms with E-state index in [0.29, 0.717) is 19.3 Å². The van der Waals surface area contributed by atoms with Crippen molar-refractivity contribution in [2.45, 2.75) is 245 Å². The summed E-state index contributed by atoms with van der Waals surface area (Å²) in [6.07, 6.45) is 73.5. The second kappa shape index (κ2) is 54.7. The molecule has 0 rings (SSSR count). The summed E-state index contributed by atoms with van der Waals surface area (Å²) in [4.78, 5) is 38.1. The van der Waals surface area contributed by atoms with Crippen molar-refractivity contribution >= 4 is 17.9 Å². The normalized spacial score (nSPS) is 12.9. The summed E-state index contributed by atoms with van der Waals surface area (Å²) in [6, 6.07) is 0. The Morgan fingerprint density at radius 1 is 0.313 bits per heavy atom. The molecule has 1 atom stereocenters. The molecule has 6 heteroatoms. The average Bonchev–Trinajstić information content (AvgIpc) is 3.33. The zero-order valence-electron chi connectivity index (χ0n) is 43.4. The number of hydrogen-bond acceptors (Lipinski definition) is 6. The average molecular weight is 929 g/mol. The van der Waals surface area contributed by atoms with Crippen molar-refractivity contribution in [2.24, 2.45) is 0 Å². The molecule has 0 N–H and O–H groups in total. The number of hydrogen-bond donors (Lipinski definition) is 0. The molecule has 0 fully saturated rings. The lowest BCUT2D eigenvalue weighted by Crippen LogP contribution is -2.30. The van der Waals surface area contributed by atoms with Crippen LogP contribution in [0.5, 0.6) is 0 Å². The van der Waals surface area contributed by atoms with Gasteiger partial charge in [0.15, 0.2) is 6.10 Å². The molecule has 0 spiro atoms. The first-order valence-corrected chi connectivity index (χ1v) is 27.4. The van der Waals surface area contributed by atoms with Crippen LogP contribution in [0.4, 0.5) is 0 Å². The maximum absolute atomic E-state index is 12.8. The maximum Gasteiger partial charge on any atom is 0.306 e. The van der Waals surface area contributed by atoms with Crippen molar-refractivity contribution in [1.29, 1.82) is 0 Å². The van der Waals surface area contributed by atoms with Gasteiger partial charge in [-0.3, -0.25) is 14.4 Å². The highest BCUT2D eigenvalue weighted by molar-refractivity contribution is 5.71. The van der Waals surface area contributed by atoms with Gasteiger partial charge < -0.3 is 14.2 Å². The number of allylic oxidation sites excluding steroid dienone is 18. The van der Waals surface area contributed by atoms with E-state index < -0.39 is 6.10 Å². The third-order valence-corrected chi connectivity index (χ3v) is 11.2. The molecule has 0 aliphatic heterocycles. The van der Waals surface area contributed by atoms with Crippen LogP contribution in [0.3, 0.4) is 0 Å². The lowest BCUT2D eigenvalue weighted by molar-refractivity contribution is -0.167. The molecular weight excluding hydrogens is 829 g/mol. The Balaban J connectivity index is 4.49. The van der Waals surface area contributed by atoms with Gasteiger partial charge in [-0.1, -0.05) is 207 Å². The van der Waals surface area contributed by atoms with E-state index in [1.54, 1.807) is 0 Å². The molecule has 0 aliphatic carbocycles. The second-order valence-corrected chi connectivity index (χ2v) is 17.7. The van der Waals surface area contributed by atoms with Crippen LogP contribution in [-0.4, -0.2) is 37.2 Å². The highest BCUT2D eigenvalue weighted by Gasteiger charge is 2.19. The molecule has 0 aromatic rings. The van der Waals surface area contributed by atoms with Gasteiger partial charge >= 0.3 is 17.9 Å². The van der Waals surface area contributed by atoms with Crippen LogP contribution < -0.4 is 0 Å². The summed E-state index contributed by atoms with van der Waals surface area (Å²) < 4.78 is 16.8.